The molecular formula is C45H27N3OS. The Morgan fingerprint density at radius 2 is 0.960 bits per heavy atom. The van der Waals surface area contributed by atoms with Crippen LogP contribution in [0.1, 0.15) is 0 Å². The number of aromatic nitrogens is 3. The van der Waals surface area contributed by atoms with Crippen LogP contribution >= 0.6 is 11.3 Å². The van der Waals surface area contributed by atoms with E-state index < -0.39 is 0 Å². The highest BCUT2D eigenvalue weighted by Gasteiger charge is 2.18. The number of furan rings is 1. The summed E-state index contributed by atoms with van der Waals surface area (Å²) in [5.74, 6) is 1.80. The number of hydrogen-bond donors (Lipinski definition) is 0. The molecule has 0 aliphatic carbocycles. The molecule has 0 saturated carbocycles. The number of hydrogen-bond acceptors (Lipinski definition) is 5. The maximum Gasteiger partial charge on any atom is 0.167 e. The Bertz CT molecular complexity index is 2870. The van der Waals surface area contributed by atoms with Crippen LogP contribution in [0.25, 0.3) is 98.5 Å². The van der Waals surface area contributed by atoms with E-state index in [1.807, 2.05) is 36.4 Å². The van der Waals surface area contributed by atoms with Crippen molar-refractivity contribution in [2.24, 2.45) is 0 Å². The van der Waals surface area contributed by atoms with Crippen molar-refractivity contribution in [3.8, 4) is 56.4 Å². The fraction of sp³-hybridized carbons (Fsp3) is 0. The van der Waals surface area contributed by atoms with E-state index >= 15 is 0 Å². The third kappa shape index (κ3) is 4.87. The van der Waals surface area contributed by atoms with E-state index in [2.05, 4.69) is 127 Å². The molecule has 0 aliphatic rings. The van der Waals surface area contributed by atoms with E-state index in [1.54, 1.807) is 11.3 Å². The Labute approximate surface area is 292 Å². The molecule has 0 spiro atoms. The van der Waals surface area contributed by atoms with Gasteiger partial charge in [-0.05, 0) is 58.7 Å². The highest BCUT2D eigenvalue weighted by atomic mass is 32.1. The Kier molecular flexibility index (Phi) is 6.64. The number of fused-ring (bicyclic) bond motifs is 6. The number of rotatable bonds is 5. The van der Waals surface area contributed by atoms with Gasteiger partial charge in [-0.2, -0.15) is 0 Å². The first-order chi connectivity index (χ1) is 24.7. The summed E-state index contributed by atoms with van der Waals surface area (Å²) in [6, 6.07) is 56.9. The minimum absolute atomic E-state index is 0.573. The van der Waals surface area contributed by atoms with Crippen molar-refractivity contribution in [2.45, 2.75) is 0 Å². The smallest absolute Gasteiger partial charge is 0.167 e. The summed E-state index contributed by atoms with van der Waals surface area (Å²) >= 11 is 1.79. The van der Waals surface area contributed by atoms with E-state index in [4.69, 9.17) is 19.4 Å². The van der Waals surface area contributed by atoms with Crippen LogP contribution in [0.3, 0.4) is 0 Å². The Balaban J connectivity index is 1.16. The second kappa shape index (κ2) is 11.6. The molecule has 0 atom stereocenters. The second-order valence-electron chi connectivity index (χ2n) is 12.4. The molecule has 7 aromatic carbocycles. The van der Waals surface area contributed by atoms with Crippen LogP contribution in [0.5, 0.6) is 0 Å². The molecule has 3 heterocycles. The fourth-order valence-electron chi connectivity index (χ4n) is 6.87. The molecule has 10 aromatic rings. The zero-order valence-corrected chi connectivity index (χ0v) is 27.6. The summed E-state index contributed by atoms with van der Waals surface area (Å²) in [6.45, 7) is 0. The van der Waals surface area contributed by atoms with E-state index in [9.17, 15) is 0 Å². The van der Waals surface area contributed by atoms with Crippen molar-refractivity contribution in [1.82, 2.24) is 15.0 Å². The van der Waals surface area contributed by atoms with Gasteiger partial charge in [0.05, 0.1) is 5.56 Å². The van der Waals surface area contributed by atoms with Gasteiger partial charge in [0.1, 0.15) is 11.2 Å². The first-order valence-corrected chi connectivity index (χ1v) is 17.4. The van der Waals surface area contributed by atoms with Gasteiger partial charge in [-0.1, -0.05) is 127 Å². The predicted molar refractivity (Wildman–Crippen MR) is 207 cm³/mol. The van der Waals surface area contributed by atoms with Gasteiger partial charge < -0.3 is 4.42 Å². The Morgan fingerprint density at radius 1 is 0.360 bits per heavy atom. The van der Waals surface area contributed by atoms with Gasteiger partial charge in [-0.15, -0.1) is 11.3 Å². The number of nitrogens with zero attached hydrogens (tertiary/aromatic N) is 3. The van der Waals surface area contributed by atoms with Crippen molar-refractivity contribution >= 4 is 53.4 Å². The topological polar surface area (TPSA) is 51.8 Å². The van der Waals surface area contributed by atoms with E-state index in [1.165, 1.54) is 31.3 Å². The zero-order valence-electron chi connectivity index (χ0n) is 26.7. The minimum Gasteiger partial charge on any atom is -0.455 e. The number of thiophene rings is 1. The lowest BCUT2D eigenvalue weighted by Gasteiger charge is -2.10. The van der Waals surface area contributed by atoms with E-state index in [0.717, 1.165) is 49.8 Å². The number of benzene rings is 7. The molecule has 0 N–H and O–H groups in total. The van der Waals surface area contributed by atoms with Gasteiger partial charge in [0.25, 0.3) is 0 Å². The molecular weight excluding hydrogens is 631 g/mol. The second-order valence-corrected chi connectivity index (χ2v) is 13.5. The largest absolute Gasteiger partial charge is 0.455 e. The lowest BCUT2D eigenvalue weighted by atomic mass is 10.0. The molecule has 0 saturated heterocycles. The lowest BCUT2D eigenvalue weighted by molar-refractivity contribution is 0.669. The molecule has 10 rings (SSSR count). The average Bonchev–Trinajstić information content (AvgIpc) is 3.76. The summed E-state index contributed by atoms with van der Waals surface area (Å²) in [5, 5.41) is 4.59. The van der Waals surface area contributed by atoms with Crippen molar-refractivity contribution in [3.63, 3.8) is 0 Å². The molecule has 0 unspecified atom stereocenters. The van der Waals surface area contributed by atoms with Crippen LogP contribution in [0.2, 0.25) is 0 Å². The van der Waals surface area contributed by atoms with Crippen LogP contribution in [0.15, 0.2) is 168 Å². The molecule has 0 bridgehead atoms. The predicted octanol–water partition coefficient (Wildman–Crippen LogP) is 12.5. The van der Waals surface area contributed by atoms with E-state index in [-0.39, 0.29) is 0 Å². The molecule has 5 heteroatoms. The van der Waals surface area contributed by atoms with Gasteiger partial charge in [-0.3, -0.25) is 0 Å². The van der Waals surface area contributed by atoms with Gasteiger partial charge in [0.2, 0.25) is 0 Å². The first kappa shape index (κ1) is 28.6. The molecule has 0 amide bonds. The normalized spacial score (nSPS) is 11.6. The van der Waals surface area contributed by atoms with Crippen LogP contribution in [0, 0.1) is 0 Å². The third-order valence-corrected chi connectivity index (χ3v) is 10.5. The molecule has 4 nitrogen and oxygen atoms in total. The first-order valence-electron chi connectivity index (χ1n) is 16.6. The van der Waals surface area contributed by atoms with Crippen molar-refractivity contribution in [1.29, 1.82) is 0 Å². The maximum absolute atomic E-state index is 6.44. The third-order valence-electron chi connectivity index (χ3n) is 9.35. The van der Waals surface area contributed by atoms with E-state index in [0.29, 0.717) is 17.5 Å². The highest BCUT2D eigenvalue weighted by molar-refractivity contribution is 7.25. The summed E-state index contributed by atoms with van der Waals surface area (Å²) in [6.07, 6.45) is 0. The van der Waals surface area contributed by atoms with Gasteiger partial charge in [0.15, 0.2) is 17.5 Å². The summed E-state index contributed by atoms with van der Waals surface area (Å²) < 4.78 is 8.88. The van der Waals surface area contributed by atoms with Crippen LogP contribution < -0.4 is 0 Å². The molecule has 0 fully saturated rings. The molecule has 0 aliphatic heterocycles. The molecule has 50 heavy (non-hydrogen) atoms. The summed E-state index contributed by atoms with van der Waals surface area (Å²) in [5.41, 5.74) is 8.97. The van der Waals surface area contributed by atoms with Crippen LogP contribution in [-0.4, -0.2) is 15.0 Å². The number of para-hydroxylation sites is 2. The standard InChI is InChI=1S/C45H27N3OS/c1-3-11-28(12-4-1)30-15-9-16-32(25-30)43-46-44(48-45(47-43)37-19-10-18-36-34-17-7-8-20-39(34)49-42(36)37)33-21-23-35-38-26-31(29-13-5-2-6-14-29)22-24-40(38)50-41(35)27-33/h1-27H. The lowest BCUT2D eigenvalue weighted by Crippen LogP contribution is -2.00. The SMILES string of the molecule is c1ccc(-c2cccc(-c3nc(-c4ccc5c(c4)sc4ccc(-c6ccccc6)cc45)nc(-c4cccc5c4oc4ccccc45)n3)c2)cc1. The molecule has 234 valence electrons. The Hall–Kier alpha value is -6.43. The highest BCUT2D eigenvalue weighted by Crippen LogP contribution is 2.40. The summed E-state index contributed by atoms with van der Waals surface area (Å²) in [4.78, 5) is 15.4. The quantitative estimate of drug-likeness (QED) is 0.185. The average molecular weight is 658 g/mol. The van der Waals surface area contributed by atoms with Crippen molar-refractivity contribution < 1.29 is 4.42 Å². The van der Waals surface area contributed by atoms with Gasteiger partial charge >= 0.3 is 0 Å². The van der Waals surface area contributed by atoms with Gasteiger partial charge in [-0.25, -0.2) is 15.0 Å². The van der Waals surface area contributed by atoms with Crippen LogP contribution in [-0.2, 0) is 0 Å². The van der Waals surface area contributed by atoms with Gasteiger partial charge in [0, 0.05) is 42.1 Å². The molecule has 0 radical (unpaired) electrons. The van der Waals surface area contributed by atoms with Crippen molar-refractivity contribution in [2.75, 3.05) is 0 Å². The summed E-state index contributed by atoms with van der Waals surface area (Å²) in [7, 11) is 0. The minimum atomic E-state index is 0.573. The van der Waals surface area contributed by atoms with Crippen molar-refractivity contribution in [3.05, 3.63) is 164 Å². The fourth-order valence-corrected chi connectivity index (χ4v) is 8.00. The van der Waals surface area contributed by atoms with Crippen LogP contribution in [0.4, 0.5) is 0 Å². The Morgan fingerprint density at radius 3 is 1.76 bits per heavy atom. The maximum atomic E-state index is 6.44. The zero-order chi connectivity index (χ0) is 33.0. The molecule has 3 aromatic heterocycles. The monoisotopic (exact) mass is 657 g/mol.